The number of hydrogen-bond donors (Lipinski definition) is 0. The predicted octanol–water partition coefficient (Wildman–Crippen LogP) is 7.58. The van der Waals surface area contributed by atoms with Gasteiger partial charge in [0.15, 0.2) is 0 Å². The second-order valence-corrected chi connectivity index (χ2v) is 9.03. The number of anilines is 1. The average molecular weight is 474 g/mol. The first-order valence-electron chi connectivity index (χ1n) is 12.3. The van der Waals surface area contributed by atoms with E-state index in [9.17, 15) is 9.18 Å². The molecule has 3 heteroatoms. The molecule has 2 nitrogen and oxygen atoms in total. The van der Waals surface area contributed by atoms with Crippen molar-refractivity contribution in [1.29, 1.82) is 0 Å². The van der Waals surface area contributed by atoms with E-state index in [4.69, 9.17) is 0 Å². The second-order valence-electron chi connectivity index (χ2n) is 9.03. The van der Waals surface area contributed by atoms with Crippen molar-refractivity contribution >= 4 is 17.7 Å². The number of allylic oxidation sites excluding steroid dienone is 2. The number of nitrogens with zero attached hydrogens (tertiary/aromatic N) is 1. The first-order valence-corrected chi connectivity index (χ1v) is 12.3. The lowest BCUT2D eigenvalue weighted by Gasteiger charge is -2.46. The number of carbonyl (C=O) groups is 1. The highest BCUT2D eigenvalue weighted by atomic mass is 19.1. The number of hydrogen-bond acceptors (Lipinski definition) is 1. The van der Waals surface area contributed by atoms with Crippen LogP contribution in [0.15, 0.2) is 127 Å². The van der Waals surface area contributed by atoms with Gasteiger partial charge in [-0.05, 0) is 59.4 Å². The Hall–Kier alpha value is -4.24. The minimum Gasteiger partial charge on any atom is -0.303 e. The molecule has 0 aliphatic carbocycles. The number of rotatable bonds is 8. The largest absolute Gasteiger partial charge is 0.303 e. The molecule has 1 fully saturated rings. The van der Waals surface area contributed by atoms with Crippen molar-refractivity contribution in [1.82, 2.24) is 0 Å². The highest BCUT2D eigenvalue weighted by molar-refractivity contribution is 6.04. The molecule has 0 spiro atoms. The van der Waals surface area contributed by atoms with E-state index in [1.54, 1.807) is 17.0 Å². The van der Waals surface area contributed by atoms with Gasteiger partial charge in [0.2, 0.25) is 5.91 Å². The van der Waals surface area contributed by atoms with Gasteiger partial charge in [-0.2, -0.15) is 0 Å². The first-order chi connectivity index (χ1) is 17.7. The Bertz CT molecular complexity index is 1340. The summed E-state index contributed by atoms with van der Waals surface area (Å²) in [6.45, 7) is 0. The van der Waals surface area contributed by atoms with Gasteiger partial charge in [-0.25, -0.2) is 4.39 Å². The molecule has 4 aromatic rings. The van der Waals surface area contributed by atoms with Crippen LogP contribution < -0.4 is 4.90 Å². The van der Waals surface area contributed by atoms with Gasteiger partial charge in [0, 0.05) is 5.69 Å². The van der Waals surface area contributed by atoms with E-state index < -0.39 is 0 Å². The molecular formula is C33H28FNO. The van der Waals surface area contributed by atoms with Crippen LogP contribution in [0.2, 0.25) is 0 Å². The monoisotopic (exact) mass is 473 g/mol. The van der Waals surface area contributed by atoms with Crippen LogP contribution in [-0.2, 0) is 17.6 Å². The van der Waals surface area contributed by atoms with E-state index in [-0.39, 0.29) is 23.7 Å². The third-order valence-electron chi connectivity index (χ3n) is 6.57. The van der Waals surface area contributed by atoms with E-state index in [2.05, 4.69) is 78.9 Å². The topological polar surface area (TPSA) is 20.3 Å². The molecule has 36 heavy (non-hydrogen) atoms. The molecule has 1 aliphatic rings. The quantitative estimate of drug-likeness (QED) is 0.191. The van der Waals surface area contributed by atoms with Gasteiger partial charge in [0.05, 0.1) is 12.0 Å². The molecule has 0 saturated carbocycles. The van der Waals surface area contributed by atoms with Crippen molar-refractivity contribution in [3.63, 3.8) is 0 Å². The van der Waals surface area contributed by atoms with Crippen LogP contribution in [0.3, 0.4) is 0 Å². The highest BCUT2D eigenvalue weighted by Crippen LogP contribution is 2.44. The summed E-state index contributed by atoms with van der Waals surface area (Å²) in [4.78, 5) is 15.0. The molecule has 178 valence electrons. The van der Waals surface area contributed by atoms with Crippen LogP contribution in [0, 0.1) is 11.7 Å². The summed E-state index contributed by atoms with van der Waals surface area (Å²) < 4.78 is 13.5. The number of amides is 1. The number of halogens is 1. The zero-order chi connectivity index (χ0) is 24.7. The Kier molecular flexibility index (Phi) is 7.18. The van der Waals surface area contributed by atoms with Crippen molar-refractivity contribution in [2.24, 2.45) is 5.92 Å². The lowest BCUT2D eigenvalue weighted by Crippen LogP contribution is -2.54. The van der Waals surface area contributed by atoms with Crippen molar-refractivity contribution < 1.29 is 9.18 Å². The van der Waals surface area contributed by atoms with Crippen molar-refractivity contribution in [2.45, 2.75) is 18.9 Å². The Morgan fingerprint density at radius 2 is 1.28 bits per heavy atom. The summed E-state index contributed by atoms with van der Waals surface area (Å²) >= 11 is 0. The third kappa shape index (κ3) is 5.36. The van der Waals surface area contributed by atoms with Crippen molar-refractivity contribution in [3.05, 3.63) is 155 Å². The predicted molar refractivity (Wildman–Crippen MR) is 145 cm³/mol. The van der Waals surface area contributed by atoms with Gasteiger partial charge < -0.3 is 4.90 Å². The maximum Gasteiger partial charge on any atom is 0.236 e. The molecule has 1 saturated heterocycles. The molecule has 0 radical (unpaired) electrons. The van der Waals surface area contributed by atoms with Crippen molar-refractivity contribution in [3.8, 4) is 0 Å². The molecule has 2 atom stereocenters. The summed E-state index contributed by atoms with van der Waals surface area (Å²) in [5.41, 5.74) is 5.38. The maximum absolute atomic E-state index is 13.5. The molecule has 5 rings (SSSR count). The van der Waals surface area contributed by atoms with Gasteiger partial charge in [-0.15, -0.1) is 0 Å². The van der Waals surface area contributed by atoms with Crippen LogP contribution >= 0.6 is 0 Å². The minimum atomic E-state index is -0.311. The fourth-order valence-corrected chi connectivity index (χ4v) is 4.66. The third-order valence-corrected chi connectivity index (χ3v) is 6.57. The highest BCUT2D eigenvalue weighted by Gasteiger charge is 2.47. The Morgan fingerprint density at radius 3 is 1.89 bits per heavy atom. The van der Waals surface area contributed by atoms with E-state index in [1.165, 1.54) is 23.3 Å². The van der Waals surface area contributed by atoms with Crippen molar-refractivity contribution in [2.75, 3.05) is 4.90 Å². The summed E-state index contributed by atoms with van der Waals surface area (Å²) in [6.07, 6.45) is 10.0. The lowest BCUT2D eigenvalue weighted by molar-refractivity contribution is -0.128. The average Bonchev–Trinajstić information content (AvgIpc) is 2.92. The summed E-state index contributed by atoms with van der Waals surface area (Å²) in [5.74, 6) is -0.532. The van der Waals surface area contributed by atoms with Gasteiger partial charge >= 0.3 is 0 Å². The molecule has 0 unspecified atom stereocenters. The standard InChI is InChI=1S/C33H28FNO/c34-29-21-23-30(24-22-29)35-32(31(33(35)36)16-8-15-26-11-5-2-6-12-26)28-19-17-27(18-20-28)14-7-13-25-9-3-1-4-10-25/h1-12,14,16-24,31-32H,13,15H2/b14-7+,16-8+/t31-,32-/m1/s1. The van der Waals surface area contributed by atoms with Gasteiger partial charge in [-0.3, -0.25) is 4.79 Å². The fourth-order valence-electron chi connectivity index (χ4n) is 4.66. The summed E-state index contributed by atoms with van der Waals surface area (Å²) in [7, 11) is 0. The first kappa shape index (κ1) is 23.5. The normalized spacial score (nSPS) is 17.6. The van der Waals surface area contributed by atoms with Crippen LogP contribution in [0.5, 0.6) is 0 Å². The molecule has 0 N–H and O–H groups in total. The minimum absolute atomic E-state index is 0.0303. The van der Waals surface area contributed by atoms with Gasteiger partial charge in [0.25, 0.3) is 0 Å². The lowest BCUT2D eigenvalue weighted by atomic mass is 9.81. The Labute approximate surface area is 212 Å². The number of benzene rings is 4. The zero-order valence-corrected chi connectivity index (χ0v) is 20.0. The van der Waals surface area contributed by atoms with Crippen LogP contribution in [-0.4, -0.2) is 5.91 Å². The molecule has 0 bridgehead atoms. The SMILES string of the molecule is O=C1[C@H](/C=C/Cc2ccccc2)[C@@H](c2ccc(/C=C/Cc3ccccc3)cc2)N1c1ccc(F)cc1. The van der Waals surface area contributed by atoms with Gasteiger partial charge in [0.1, 0.15) is 5.82 Å². The number of carbonyl (C=O) groups excluding carboxylic acids is 1. The van der Waals surface area contributed by atoms with E-state index in [0.717, 1.165) is 24.0 Å². The smallest absolute Gasteiger partial charge is 0.236 e. The fraction of sp³-hybridized carbons (Fsp3) is 0.121. The van der Waals surface area contributed by atoms with Crippen LogP contribution in [0.1, 0.15) is 28.3 Å². The molecule has 1 heterocycles. The maximum atomic E-state index is 13.5. The van der Waals surface area contributed by atoms with Crippen LogP contribution in [0.4, 0.5) is 10.1 Å². The molecule has 1 amide bonds. The second kappa shape index (κ2) is 11.0. The van der Waals surface area contributed by atoms with E-state index in [1.807, 2.05) is 30.3 Å². The summed E-state index contributed by atoms with van der Waals surface area (Å²) in [5, 5.41) is 0. The van der Waals surface area contributed by atoms with E-state index >= 15 is 0 Å². The zero-order valence-electron chi connectivity index (χ0n) is 20.0. The molecule has 4 aromatic carbocycles. The number of β-lactam (4-membered cyclic amide) rings is 1. The molecule has 0 aromatic heterocycles. The van der Waals surface area contributed by atoms with Gasteiger partial charge in [-0.1, -0.05) is 109 Å². The molecular weight excluding hydrogens is 445 g/mol. The Balaban J connectivity index is 1.35. The van der Waals surface area contributed by atoms with E-state index in [0.29, 0.717) is 5.69 Å². The molecule has 1 aliphatic heterocycles. The van der Waals surface area contributed by atoms with Crippen LogP contribution in [0.25, 0.3) is 6.08 Å². The summed E-state index contributed by atoms with van der Waals surface area (Å²) in [6, 6.07) is 35.0. The Morgan fingerprint density at radius 1 is 0.694 bits per heavy atom.